The summed E-state index contributed by atoms with van der Waals surface area (Å²) in [7, 11) is 1.78. The average molecular weight is 346 g/mol. The molecular formula is C18H26N4O3. The van der Waals surface area contributed by atoms with Gasteiger partial charge in [0.1, 0.15) is 11.5 Å². The molecule has 3 rings (SSSR count). The summed E-state index contributed by atoms with van der Waals surface area (Å²) in [5.41, 5.74) is 1.78. The number of likely N-dealkylation sites (tertiary alicyclic amines) is 1. The van der Waals surface area contributed by atoms with Gasteiger partial charge in [-0.2, -0.15) is 0 Å². The standard InChI is InChI=1S/C18H26N4O3/c1-13-15(14(2)25-20-13)12-21(3)18(23)19-11-16(17-7-6-10-24-17)22-8-4-5-9-22/h6-7,10,16H,4-5,8-9,11-12H2,1-3H3,(H,19,23)/t16-/m1/s1. The number of nitrogens with zero attached hydrogens (tertiary/aromatic N) is 3. The molecule has 0 aliphatic carbocycles. The van der Waals surface area contributed by atoms with E-state index in [1.54, 1.807) is 18.2 Å². The molecular weight excluding hydrogens is 320 g/mol. The van der Waals surface area contributed by atoms with Crippen molar-refractivity contribution < 1.29 is 13.7 Å². The lowest BCUT2D eigenvalue weighted by molar-refractivity contribution is 0.186. The molecule has 0 saturated carbocycles. The number of aromatic nitrogens is 1. The van der Waals surface area contributed by atoms with E-state index in [1.807, 2.05) is 26.0 Å². The maximum atomic E-state index is 12.5. The Morgan fingerprint density at radius 2 is 2.16 bits per heavy atom. The van der Waals surface area contributed by atoms with E-state index in [-0.39, 0.29) is 12.1 Å². The predicted molar refractivity (Wildman–Crippen MR) is 93.1 cm³/mol. The van der Waals surface area contributed by atoms with Crippen LogP contribution in [0.3, 0.4) is 0 Å². The maximum Gasteiger partial charge on any atom is 0.317 e. The number of carbonyl (C=O) groups is 1. The normalized spacial score (nSPS) is 16.1. The molecule has 0 radical (unpaired) electrons. The summed E-state index contributed by atoms with van der Waals surface area (Å²) in [5.74, 6) is 1.65. The van der Waals surface area contributed by atoms with Crippen LogP contribution in [0.4, 0.5) is 4.79 Å². The number of rotatable bonds is 6. The summed E-state index contributed by atoms with van der Waals surface area (Å²) in [6.07, 6.45) is 4.07. The van der Waals surface area contributed by atoms with Crippen LogP contribution in [0.2, 0.25) is 0 Å². The first-order valence-electron chi connectivity index (χ1n) is 8.74. The quantitative estimate of drug-likeness (QED) is 0.870. The minimum Gasteiger partial charge on any atom is -0.468 e. The van der Waals surface area contributed by atoms with Crippen LogP contribution in [0.15, 0.2) is 27.3 Å². The minimum atomic E-state index is -0.115. The van der Waals surface area contributed by atoms with Gasteiger partial charge in [0.25, 0.3) is 0 Å². The molecule has 1 N–H and O–H groups in total. The molecule has 0 unspecified atom stereocenters. The first-order chi connectivity index (χ1) is 12.1. The summed E-state index contributed by atoms with van der Waals surface area (Å²) in [4.78, 5) is 16.5. The van der Waals surface area contributed by atoms with Gasteiger partial charge in [-0.05, 0) is 51.9 Å². The van der Waals surface area contributed by atoms with Gasteiger partial charge in [0, 0.05) is 19.2 Å². The molecule has 3 heterocycles. The van der Waals surface area contributed by atoms with Crippen molar-refractivity contribution in [1.82, 2.24) is 20.3 Å². The molecule has 7 heteroatoms. The van der Waals surface area contributed by atoms with Crippen LogP contribution in [0.1, 0.15) is 41.7 Å². The van der Waals surface area contributed by atoms with Crippen molar-refractivity contribution in [3.8, 4) is 0 Å². The smallest absolute Gasteiger partial charge is 0.317 e. The molecule has 0 spiro atoms. The Bertz CT molecular complexity index is 670. The zero-order chi connectivity index (χ0) is 17.8. The number of amides is 2. The van der Waals surface area contributed by atoms with E-state index >= 15 is 0 Å². The van der Waals surface area contributed by atoms with Crippen LogP contribution in [0, 0.1) is 13.8 Å². The van der Waals surface area contributed by atoms with Crippen LogP contribution < -0.4 is 5.32 Å². The number of carbonyl (C=O) groups excluding carboxylic acids is 1. The molecule has 1 saturated heterocycles. The number of hydrogen-bond acceptors (Lipinski definition) is 5. The van der Waals surface area contributed by atoms with Crippen LogP contribution in [-0.4, -0.2) is 47.7 Å². The molecule has 2 aromatic rings. The molecule has 0 bridgehead atoms. The van der Waals surface area contributed by atoms with Gasteiger partial charge in [-0.15, -0.1) is 0 Å². The van der Waals surface area contributed by atoms with E-state index in [1.165, 1.54) is 12.8 Å². The molecule has 1 fully saturated rings. The van der Waals surface area contributed by atoms with Crippen molar-refractivity contribution in [3.63, 3.8) is 0 Å². The maximum absolute atomic E-state index is 12.5. The van der Waals surface area contributed by atoms with Crippen LogP contribution >= 0.6 is 0 Å². The lowest BCUT2D eigenvalue weighted by Gasteiger charge is -2.27. The van der Waals surface area contributed by atoms with Gasteiger partial charge >= 0.3 is 6.03 Å². The van der Waals surface area contributed by atoms with Gasteiger partial charge in [-0.25, -0.2) is 4.79 Å². The average Bonchev–Trinajstić information content (AvgIpc) is 3.35. The molecule has 136 valence electrons. The van der Waals surface area contributed by atoms with Crippen molar-refractivity contribution in [2.75, 3.05) is 26.7 Å². The monoisotopic (exact) mass is 346 g/mol. The molecule has 0 aromatic carbocycles. The highest BCUT2D eigenvalue weighted by Crippen LogP contribution is 2.25. The molecule has 2 amide bonds. The Hall–Kier alpha value is -2.28. The fourth-order valence-corrected chi connectivity index (χ4v) is 3.30. The highest BCUT2D eigenvalue weighted by molar-refractivity contribution is 5.73. The number of hydrogen-bond donors (Lipinski definition) is 1. The van der Waals surface area contributed by atoms with E-state index in [9.17, 15) is 4.79 Å². The summed E-state index contributed by atoms with van der Waals surface area (Å²) < 4.78 is 10.8. The van der Waals surface area contributed by atoms with Crippen LogP contribution in [0.5, 0.6) is 0 Å². The van der Waals surface area contributed by atoms with E-state index in [0.29, 0.717) is 13.1 Å². The highest BCUT2D eigenvalue weighted by Gasteiger charge is 2.26. The molecule has 1 aliphatic heterocycles. The zero-order valence-electron chi connectivity index (χ0n) is 15.1. The Morgan fingerprint density at radius 1 is 1.40 bits per heavy atom. The van der Waals surface area contributed by atoms with Gasteiger partial charge in [0.15, 0.2) is 0 Å². The highest BCUT2D eigenvalue weighted by atomic mass is 16.5. The lowest BCUT2D eigenvalue weighted by atomic mass is 10.2. The molecule has 1 atom stereocenters. The second-order valence-electron chi connectivity index (χ2n) is 6.62. The predicted octanol–water partition coefficient (Wildman–Crippen LogP) is 2.86. The van der Waals surface area contributed by atoms with E-state index in [4.69, 9.17) is 8.94 Å². The van der Waals surface area contributed by atoms with Gasteiger partial charge in [-0.1, -0.05) is 5.16 Å². The third-order valence-corrected chi connectivity index (χ3v) is 4.82. The molecule has 1 aliphatic rings. The van der Waals surface area contributed by atoms with Crippen molar-refractivity contribution in [3.05, 3.63) is 41.2 Å². The largest absolute Gasteiger partial charge is 0.468 e. The minimum absolute atomic E-state index is 0.0777. The molecule has 2 aromatic heterocycles. The summed E-state index contributed by atoms with van der Waals surface area (Å²) in [6, 6.07) is 3.83. The van der Waals surface area contributed by atoms with Crippen LogP contribution in [0.25, 0.3) is 0 Å². The summed E-state index contributed by atoms with van der Waals surface area (Å²) >= 11 is 0. The van der Waals surface area contributed by atoms with Crippen LogP contribution in [-0.2, 0) is 6.54 Å². The Kier molecular flexibility index (Phi) is 5.43. The number of furan rings is 1. The van der Waals surface area contributed by atoms with E-state index in [2.05, 4.69) is 15.4 Å². The van der Waals surface area contributed by atoms with E-state index in [0.717, 1.165) is 35.9 Å². The molecule has 7 nitrogen and oxygen atoms in total. The van der Waals surface area contributed by atoms with E-state index < -0.39 is 0 Å². The fraction of sp³-hybridized carbons (Fsp3) is 0.556. The van der Waals surface area contributed by atoms with Crippen molar-refractivity contribution >= 4 is 6.03 Å². The second-order valence-corrected chi connectivity index (χ2v) is 6.62. The Labute approximate surface area is 147 Å². The van der Waals surface area contributed by atoms with Gasteiger partial charge in [-0.3, -0.25) is 4.90 Å². The first kappa shape index (κ1) is 17.5. The third-order valence-electron chi connectivity index (χ3n) is 4.82. The van der Waals surface area contributed by atoms with Gasteiger partial charge < -0.3 is 19.2 Å². The van der Waals surface area contributed by atoms with Crippen molar-refractivity contribution in [1.29, 1.82) is 0 Å². The second kappa shape index (κ2) is 7.74. The number of urea groups is 1. The Balaban J connectivity index is 1.59. The third kappa shape index (κ3) is 4.04. The first-order valence-corrected chi connectivity index (χ1v) is 8.74. The summed E-state index contributed by atoms with van der Waals surface area (Å²) in [5, 5.41) is 6.97. The zero-order valence-corrected chi connectivity index (χ0v) is 15.1. The summed E-state index contributed by atoms with van der Waals surface area (Å²) in [6.45, 7) is 6.83. The Morgan fingerprint density at radius 3 is 2.76 bits per heavy atom. The van der Waals surface area contributed by atoms with Gasteiger partial charge in [0.2, 0.25) is 0 Å². The van der Waals surface area contributed by atoms with Crippen molar-refractivity contribution in [2.45, 2.75) is 39.3 Å². The van der Waals surface area contributed by atoms with Crippen molar-refractivity contribution in [2.24, 2.45) is 0 Å². The fourth-order valence-electron chi connectivity index (χ4n) is 3.30. The number of nitrogens with one attached hydrogen (secondary N) is 1. The molecule has 25 heavy (non-hydrogen) atoms. The topological polar surface area (TPSA) is 74.8 Å². The lowest BCUT2D eigenvalue weighted by Crippen LogP contribution is -2.42. The SMILES string of the molecule is Cc1noc(C)c1CN(C)C(=O)NC[C@H](c1ccco1)N1CCCC1. The van der Waals surface area contributed by atoms with Gasteiger partial charge in [0.05, 0.1) is 24.5 Å². The number of aryl methyl sites for hydroxylation is 2.